The van der Waals surface area contributed by atoms with Gasteiger partial charge in [0.25, 0.3) is 0 Å². The highest BCUT2D eigenvalue weighted by Crippen LogP contribution is 2.27. The van der Waals surface area contributed by atoms with Gasteiger partial charge in [0.2, 0.25) is 11.8 Å². The minimum Gasteiger partial charge on any atom is -0.494 e. The molecular formula is C13H18N4O. The third kappa shape index (κ3) is 1.79. The summed E-state index contributed by atoms with van der Waals surface area (Å²) < 4.78 is 1.84. The van der Waals surface area contributed by atoms with Crippen LogP contribution in [-0.2, 0) is 6.54 Å². The standard InChI is InChI=1S/C13H18N4O/c1-2-5-17-9-11-10(12(17)18)8-14-13(15-11)16-6-3-4-7-16/h8-9,18H,2-7H2,1H3. The van der Waals surface area contributed by atoms with Gasteiger partial charge in [0, 0.05) is 32.0 Å². The van der Waals surface area contributed by atoms with Gasteiger partial charge in [-0.3, -0.25) is 0 Å². The highest BCUT2D eigenvalue weighted by atomic mass is 16.3. The fourth-order valence-corrected chi connectivity index (χ4v) is 2.50. The number of rotatable bonds is 3. The quantitative estimate of drug-likeness (QED) is 0.901. The molecule has 0 atom stereocenters. The Labute approximate surface area is 106 Å². The second-order valence-corrected chi connectivity index (χ2v) is 4.81. The molecule has 1 N–H and O–H groups in total. The van der Waals surface area contributed by atoms with Gasteiger partial charge in [0.1, 0.15) is 0 Å². The van der Waals surface area contributed by atoms with E-state index in [-0.39, 0.29) is 5.88 Å². The maximum absolute atomic E-state index is 10.0. The summed E-state index contributed by atoms with van der Waals surface area (Å²) in [6.07, 6.45) is 7.06. The predicted octanol–water partition coefficient (Wildman–Crippen LogP) is 2.15. The molecule has 2 aromatic heterocycles. The van der Waals surface area contributed by atoms with Crippen LogP contribution < -0.4 is 4.90 Å². The average molecular weight is 246 g/mol. The SMILES string of the molecule is CCCn1cc2nc(N3CCCC3)ncc2c1O. The van der Waals surface area contributed by atoms with Crippen molar-refractivity contribution in [1.29, 1.82) is 0 Å². The monoisotopic (exact) mass is 246 g/mol. The third-order valence-corrected chi connectivity index (χ3v) is 3.45. The van der Waals surface area contributed by atoms with Crippen LogP contribution in [0.15, 0.2) is 12.4 Å². The lowest BCUT2D eigenvalue weighted by molar-refractivity contribution is 0.421. The molecule has 0 unspecified atom stereocenters. The Morgan fingerprint density at radius 3 is 2.83 bits per heavy atom. The van der Waals surface area contributed by atoms with Gasteiger partial charge in [-0.05, 0) is 19.3 Å². The molecule has 0 radical (unpaired) electrons. The number of anilines is 1. The van der Waals surface area contributed by atoms with Crippen LogP contribution in [0.25, 0.3) is 10.9 Å². The molecule has 5 heteroatoms. The first-order valence-electron chi connectivity index (χ1n) is 6.59. The average Bonchev–Trinajstić information content (AvgIpc) is 2.99. The number of fused-ring (bicyclic) bond motifs is 1. The lowest BCUT2D eigenvalue weighted by Gasteiger charge is -2.13. The van der Waals surface area contributed by atoms with Crippen molar-refractivity contribution in [3.05, 3.63) is 12.4 Å². The van der Waals surface area contributed by atoms with Crippen molar-refractivity contribution in [2.75, 3.05) is 18.0 Å². The van der Waals surface area contributed by atoms with E-state index in [2.05, 4.69) is 21.8 Å². The van der Waals surface area contributed by atoms with Gasteiger partial charge in [-0.2, -0.15) is 0 Å². The second kappa shape index (κ2) is 4.48. The summed E-state index contributed by atoms with van der Waals surface area (Å²) in [7, 11) is 0. The van der Waals surface area contributed by atoms with Crippen molar-refractivity contribution in [3.8, 4) is 5.88 Å². The third-order valence-electron chi connectivity index (χ3n) is 3.45. The molecule has 3 rings (SSSR count). The Balaban J connectivity index is 2.01. The molecule has 3 heterocycles. The minimum absolute atomic E-state index is 0.278. The molecule has 0 aliphatic carbocycles. The van der Waals surface area contributed by atoms with Crippen molar-refractivity contribution in [2.24, 2.45) is 0 Å². The van der Waals surface area contributed by atoms with Crippen LogP contribution >= 0.6 is 0 Å². The second-order valence-electron chi connectivity index (χ2n) is 4.81. The van der Waals surface area contributed by atoms with Crippen LogP contribution in [0.2, 0.25) is 0 Å². The van der Waals surface area contributed by atoms with Crippen LogP contribution in [0.5, 0.6) is 5.88 Å². The lowest BCUT2D eigenvalue weighted by atomic mass is 10.4. The molecule has 0 amide bonds. The van der Waals surface area contributed by atoms with Crippen molar-refractivity contribution in [1.82, 2.24) is 14.5 Å². The largest absolute Gasteiger partial charge is 0.494 e. The molecule has 96 valence electrons. The van der Waals surface area contributed by atoms with E-state index in [1.54, 1.807) is 6.20 Å². The van der Waals surface area contributed by atoms with Crippen molar-refractivity contribution in [3.63, 3.8) is 0 Å². The molecule has 0 spiro atoms. The van der Waals surface area contributed by atoms with Gasteiger partial charge < -0.3 is 14.6 Å². The molecule has 2 aromatic rings. The number of aryl methyl sites for hydroxylation is 1. The predicted molar refractivity (Wildman–Crippen MR) is 70.9 cm³/mol. The highest BCUT2D eigenvalue weighted by molar-refractivity contribution is 5.84. The first-order chi connectivity index (χ1) is 8.79. The zero-order chi connectivity index (χ0) is 12.5. The Morgan fingerprint density at radius 2 is 2.11 bits per heavy atom. The maximum Gasteiger partial charge on any atom is 0.225 e. The maximum atomic E-state index is 10.0. The van der Waals surface area contributed by atoms with Crippen LogP contribution in [0.4, 0.5) is 5.95 Å². The van der Waals surface area contributed by atoms with Crippen LogP contribution in [0, 0.1) is 0 Å². The number of nitrogens with zero attached hydrogens (tertiary/aromatic N) is 4. The zero-order valence-corrected chi connectivity index (χ0v) is 10.6. The van der Waals surface area contributed by atoms with Gasteiger partial charge in [0.15, 0.2) is 0 Å². The van der Waals surface area contributed by atoms with Crippen LogP contribution in [0.1, 0.15) is 26.2 Å². The molecule has 1 saturated heterocycles. The zero-order valence-electron chi connectivity index (χ0n) is 10.6. The summed E-state index contributed by atoms with van der Waals surface area (Å²) in [6, 6.07) is 0. The number of hydrogen-bond acceptors (Lipinski definition) is 4. The van der Waals surface area contributed by atoms with Gasteiger partial charge in [-0.25, -0.2) is 9.97 Å². The number of aromatic nitrogens is 3. The van der Waals surface area contributed by atoms with Gasteiger partial charge in [0.05, 0.1) is 10.9 Å². The van der Waals surface area contributed by atoms with Crippen molar-refractivity contribution >= 4 is 16.9 Å². The van der Waals surface area contributed by atoms with E-state index >= 15 is 0 Å². The number of hydrogen-bond donors (Lipinski definition) is 1. The van der Waals surface area contributed by atoms with Gasteiger partial charge in [-0.1, -0.05) is 6.92 Å². The topological polar surface area (TPSA) is 54.2 Å². The van der Waals surface area contributed by atoms with E-state index in [1.165, 1.54) is 12.8 Å². The van der Waals surface area contributed by atoms with E-state index in [1.807, 2.05) is 10.8 Å². The fraction of sp³-hybridized carbons (Fsp3) is 0.538. The highest BCUT2D eigenvalue weighted by Gasteiger charge is 2.17. The van der Waals surface area contributed by atoms with Gasteiger partial charge in [-0.15, -0.1) is 0 Å². The van der Waals surface area contributed by atoms with Crippen LogP contribution in [-0.4, -0.2) is 32.7 Å². The summed E-state index contributed by atoms with van der Waals surface area (Å²) in [5.41, 5.74) is 0.831. The Hall–Kier alpha value is -1.78. The lowest BCUT2D eigenvalue weighted by Crippen LogP contribution is -2.20. The minimum atomic E-state index is 0.278. The molecule has 0 aromatic carbocycles. The van der Waals surface area contributed by atoms with E-state index in [9.17, 15) is 5.11 Å². The molecule has 0 saturated carbocycles. The summed E-state index contributed by atoms with van der Waals surface area (Å²) in [5.74, 6) is 1.06. The molecular weight excluding hydrogens is 228 g/mol. The van der Waals surface area contributed by atoms with Crippen molar-refractivity contribution < 1.29 is 5.11 Å². The van der Waals surface area contributed by atoms with E-state index in [4.69, 9.17) is 0 Å². The first-order valence-corrected chi connectivity index (χ1v) is 6.59. The molecule has 0 bridgehead atoms. The Kier molecular flexibility index (Phi) is 2.81. The summed E-state index contributed by atoms with van der Waals surface area (Å²) >= 11 is 0. The smallest absolute Gasteiger partial charge is 0.225 e. The summed E-state index contributed by atoms with van der Waals surface area (Å²) in [5, 5.41) is 10.8. The van der Waals surface area contributed by atoms with Gasteiger partial charge >= 0.3 is 0 Å². The summed E-state index contributed by atoms with van der Waals surface area (Å²) in [6.45, 7) is 4.97. The van der Waals surface area contributed by atoms with E-state index < -0.39 is 0 Å². The molecule has 1 fully saturated rings. The molecule has 1 aliphatic heterocycles. The normalized spacial score (nSPS) is 15.7. The Morgan fingerprint density at radius 1 is 1.33 bits per heavy atom. The van der Waals surface area contributed by atoms with E-state index in [0.29, 0.717) is 0 Å². The van der Waals surface area contributed by atoms with E-state index in [0.717, 1.165) is 42.9 Å². The summed E-state index contributed by atoms with van der Waals surface area (Å²) in [4.78, 5) is 11.1. The first kappa shape index (κ1) is 11.3. The van der Waals surface area contributed by atoms with Crippen LogP contribution in [0.3, 0.4) is 0 Å². The molecule has 1 aliphatic rings. The Bertz CT molecular complexity index is 557. The number of aromatic hydroxyl groups is 1. The molecule has 5 nitrogen and oxygen atoms in total. The molecule has 18 heavy (non-hydrogen) atoms. The van der Waals surface area contributed by atoms with Crippen molar-refractivity contribution in [2.45, 2.75) is 32.7 Å². The fourth-order valence-electron chi connectivity index (χ4n) is 2.50.